The van der Waals surface area contributed by atoms with Crippen molar-refractivity contribution in [3.05, 3.63) is 89.7 Å². The van der Waals surface area contributed by atoms with Crippen LogP contribution in [0.4, 0.5) is 17.1 Å². The first-order chi connectivity index (χ1) is 15.2. The van der Waals surface area contributed by atoms with Crippen LogP contribution in [-0.2, 0) is 10.1 Å². The van der Waals surface area contributed by atoms with Crippen LogP contribution >= 0.6 is 0 Å². The molecular formula is C23H18N4O4S. The molecule has 3 N–H and O–H groups in total. The van der Waals surface area contributed by atoms with E-state index in [1.807, 2.05) is 13.0 Å². The molecule has 0 amide bonds. The Morgan fingerprint density at radius 3 is 2.38 bits per heavy atom. The molecule has 9 heteroatoms. The summed E-state index contributed by atoms with van der Waals surface area (Å²) in [5, 5.41) is 8.80. The number of benzene rings is 3. The third-order valence-electron chi connectivity index (χ3n) is 4.84. The Hall–Kier alpha value is -3.95. The summed E-state index contributed by atoms with van der Waals surface area (Å²) >= 11 is 0. The van der Waals surface area contributed by atoms with E-state index in [9.17, 15) is 17.8 Å². The third-order valence-corrected chi connectivity index (χ3v) is 5.73. The number of rotatable bonds is 5. The van der Waals surface area contributed by atoms with E-state index in [0.717, 1.165) is 5.56 Å². The molecule has 160 valence electrons. The Morgan fingerprint density at radius 2 is 1.72 bits per heavy atom. The fraction of sp³-hybridized carbons (Fsp3) is 0.0435. The zero-order valence-electron chi connectivity index (χ0n) is 16.9. The van der Waals surface area contributed by atoms with Gasteiger partial charge in [0.1, 0.15) is 22.0 Å². The summed E-state index contributed by atoms with van der Waals surface area (Å²) in [6, 6.07) is 18.0. The summed E-state index contributed by atoms with van der Waals surface area (Å²) in [6.45, 7) is 1.90. The molecule has 0 radical (unpaired) electrons. The lowest BCUT2D eigenvalue weighted by Gasteiger charge is -2.09. The predicted molar refractivity (Wildman–Crippen MR) is 121 cm³/mol. The van der Waals surface area contributed by atoms with Gasteiger partial charge in [-0.25, -0.2) is 0 Å². The summed E-state index contributed by atoms with van der Waals surface area (Å²) < 4.78 is 33.2. The number of fused-ring (bicyclic) bond motifs is 1. The Morgan fingerprint density at radius 1 is 0.969 bits per heavy atom. The summed E-state index contributed by atoms with van der Waals surface area (Å²) in [6.07, 6.45) is 1.38. The number of pyridine rings is 1. The Labute approximate surface area is 184 Å². The van der Waals surface area contributed by atoms with Gasteiger partial charge in [-0.3, -0.25) is 14.3 Å². The van der Waals surface area contributed by atoms with Crippen LogP contribution in [0.1, 0.15) is 21.6 Å². The molecule has 4 aromatic rings. The molecule has 3 aromatic carbocycles. The number of hydrogen-bond donors (Lipinski definition) is 2. The van der Waals surface area contributed by atoms with E-state index in [4.69, 9.17) is 5.73 Å². The zero-order valence-corrected chi connectivity index (χ0v) is 17.7. The van der Waals surface area contributed by atoms with Crippen LogP contribution in [0.15, 0.2) is 88.1 Å². The Bertz CT molecular complexity index is 1480. The van der Waals surface area contributed by atoms with E-state index in [1.54, 1.807) is 48.5 Å². The van der Waals surface area contributed by atoms with Gasteiger partial charge in [-0.05, 0) is 31.2 Å². The van der Waals surface area contributed by atoms with Gasteiger partial charge in [0.2, 0.25) is 5.78 Å². The van der Waals surface area contributed by atoms with Crippen molar-refractivity contribution in [1.29, 1.82) is 0 Å². The third kappa shape index (κ3) is 4.25. The van der Waals surface area contributed by atoms with Crippen LogP contribution in [0.25, 0.3) is 10.8 Å². The SMILES string of the molecule is Cc1cccc(C(=O)c2ccc(N=Nc3cc(S(=O)(=O)O)c4ccccc4c3N)cn2)c1. The highest BCUT2D eigenvalue weighted by Crippen LogP contribution is 2.36. The maximum atomic E-state index is 12.6. The topological polar surface area (TPSA) is 135 Å². The number of aryl methyl sites for hydroxylation is 1. The lowest BCUT2D eigenvalue weighted by atomic mass is 10.1. The van der Waals surface area contributed by atoms with Crippen LogP contribution in [0.5, 0.6) is 0 Å². The van der Waals surface area contributed by atoms with E-state index < -0.39 is 10.1 Å². The van der Waals surface area contributed by atoms with Gasteiger partial charge in [-0.15, -0.1) is 10.2 Å². The minimum atomic E-state index is -4.50. The molecule has 0 saturated carbocycles. The van der Waals surface area contributed by atoms with Crippen LogP contribution in [0, 0.1) is 6.92 Å². The largest absolute Gasteiger partial charge is 0.396 e. The number of carbonyl (C=O) groups is 1. The smallest absolute Gasteiger partial charge is 0.295 e. The zero-order chi connectivity index (χ0) is 22.9. The molecule has 1 aromatic heterocycles. The predicted octanol–water partition coefficient (Wildman–Crippen LogP) is 5.02. The van der Waals surface area contributed by atoms with Crippen molar-refractivity contribution in [2.45, 2.75) is 11.8 Å². The quantitative estimate of drug-likeness (QED) is 0.191. The molecule has 32 heavy (non-hydrogen) atoms. The van der Waals surface area contributed by atoms with E-state index >= 15 is 0 Å². The number of nitrogen functional groups attached to an aromatic ring is 1. The number of hydrogen-bond acceptors (Lipinski definition) is 7. The molecule has 1 heterocycles. The van der Waals surface area contributed by atoms with Gasteiger partial charge in [0, 0.05) is 16.3 Å². The van der Waals surface area contributed by atoms with Gasteiger partial charge in [0.25, 0.3) is 10.1 Å². The van der Waals surface area contributed by atoms with Gasteiger partial charge >= 0.3 is 0 Å². The number of nitrogens with two attached hydrogens (primary N) is 1. The number of carbonyl (C=O) groups excluding carboxylic acids is 1. The Balaban J connectivity index is 1.66. The molecule has 0 bridgehead atoms. The molecule has 0 unspecified atom stereocenters. The second kappa shape index (κ2) is 8.29. The van der Waals surface area contributed by atoms with Crippen LogP contribution in [0.3, 0.4) is 0 Å². The van der Waals surface area contributed by atoms with Gasteiger partial charge in [0.15, 0.2) is 0 Å². The van der Waals surface area contributed by atoms with Crippen molar-refractivity contribution < 1.29 is 17.8 Å². The number of ketones is 1. The highest BCUT2D eigenvalue weighted by Gasteiger charge is 2.18. The van der Waals surface area contributed by atoms with Crippen LogP contribution in [0.2, 0.25) is 0 Å². The highest BCUT2D eigenvalue weighted by molar-refractivity contribution is 7.86. The van der Waals surface area contributed by atoms with Crippen molar-refractivity contribution in [3.8, 4) is 0 Å². The number of azo groups is 1. The van der Waals surface area contributed by atoms with Gasteiger partial charge in [0.05, 0.1) is 11.9 Å². The average molecular weight is 446 g/mol. The second-order valence-electron chi connectivity index (χ2n) is 7.13. The summed E-state index contributed by atoms with van der Waals surface area (Å²) in [7, 11) is -4.50. The fourth-order valence-electron chi connectivity index (χ4n) is 3.27. The van der Waals surface area contributed by atoms with Crippen molar-refractivity contribution >= 4 is 43.7 Å². The molecule has 0 fully saturated rings. The molecule has 0 saturated heterocycles. The standard InChI is InChI=1S/C23H18N4O4S/c1-14-5-4-6-15(11-14)23(28)19-10-9-16(13-25-19)26-27-20-12-21(32(29,30)31)17-7-2-3-8-18(17)22(20)24/h2-13H,24H2,1H3,(H,29,30,31). The minimum Gasteiger partial charge on any atom is -0.396 e. The first kappa shape index (κ1) is 21.3. The van der Waals surface area contributed by atoms with Gasteiger partial charge < -0.3 is 5.73 Å². The molecular weight excluding hydrogens is 428 g/mol. The average Bonchev–Trinajstić information content (AvgIpc) is 2.78. The summed E-state index contributed by atoms with van der Waals surface area (Å²) in [5.41, 5.74) is 8.55. The lowest BCUT2D eigenvalue weighted by molar-refractivity contribution is 0.103. The Kier molecular flexibility index (Phi) is 5.52. The van der Waals surface area contributed by atoms with Crippen molar-refractivity contribution in [2.24, 2.45) is 10.2 Å². The van der Waals surface area contributed by atoms with E-state index in [0.29, 0.717) is 16.6 Å². The number of nitrogens with zero attached hydrogens (tertiary/aromatic N) is 3. The normalized spacial score (nSPS) is 11.8. The number of anilines is 1. The monoisotopic (exact) mass is 446 g/mol. The molecule has 0 aliphatic rings. The summed E-state index contributed by atoms with van der Waals surface area (Å²) in [5.74, 6) is -0.214. The van der Waals surface area contributed by atoms with Gasteiger partial charge in [-0.2, -0.15) is 8.42 Å². The molecule has 0 aliphatic carbocycles. The van der Waals surface area contributed by atoms with E-state index in [-0.39, 0.29) is 33.1 Å². The number of aromatic nitrogens is 1. The molecule has 0 atom stereocenters. The molecule has 0 spiro atoms. The maximum Gasteiger partial charge on any atom is 0.295 e. The highest BCUT2D eigenvalue weighted by atomic mass is 32.2. The lowest BCUT2D eigenvalue weighted by Crippen LogP contribution is -2.03. The van der Waals surface area contributed by atoms with Crippen molar-refractivity contribution in [1.82, 2.24) is 4.98 Å². The summed E-state index contributed by atoms with van der Waals surface area (Å²) in [4.78, 5) is 16.4. The minimum absolute atomic E-state index is 0.0799. The van der Waals surface area contributed by atoms with Gasteiger partial charge in [-0.1, -0.05) is 48.0 Å². The molecule has 0 aliphatic heterocycles. The molecule has 4 rings (SSSR count). The first-order valence-electron chi connectivity index (χ1n) is 9.52. The van der Waals surface area contributed by atoms with Crippen molar-refractivity contribution in [2.75, 3.05) is 5.73 Å². The van der Waals surface area contributed by atoms with Crippen LogP contribution in [-0.4, -0.2) is 23.7 Å². The molecule has 8 nitrogen and oxygen atoms in total. The van der Waals surface area contributed by atoms with Crippen LogP contribution < -0.4 is 5.73 Å². The van der Waals surface area contributed by atoms with Crippen molar-refractivity contribution in [3.63, 3.8) is 0 Å². The second-order valence-corrected chi connectivity index (χ2v) is 8.52. The fourth-order valence-corrected chi connectivity index (χ4v) is 3.99. The van der Waals surface area contributed by atoms with E-state index in [1.165, 1.54) is 18.3 Å². The maximum absolute atomic E-state index is 12.6. The first-order valence-corrected chi connectivity index (χ1v) is 11.0. The van der Waals surface area contributed by atoms with E-state index in [2.05, 4.69) is 15.2 Å².